The average molecular weight is 1640 g/mol. The van der Waals surface area contributed by atoms with Crippen molar-refractivity contribution in [2.45, 2.75) is 369 Å². The zero-order chi connectivity index (χ0) is 93.0. The summed E-state index contributed by atoms with van der Waals surface area (Å²) < 4.78 is 0. The monoisotopic (exact) mass is 1640 g/mol. The number of carbonyl (C=O) groups excluding carboxylic acids is 2. The molecule has 0 saturated carbocycles. The standard InChI is InChI=1S/C20H34O.C19H33NO.C19H35N.C19H34.C18H33N.C18H32.2H2/c1-14(2)11-9-10-12-18(16(5)6)20(21)19(17(7)8)13-15(3)4;1-14(2)11-9-10-12-18(16(5)6)19(21)20(17(7)8)13-15(3)4;1-15(2)11-9-10-12-19(17(5)6)14-20(18(7)8)13-16(3)4;2*1-14(2)11-9-10-12-18(16(5)6)19(17(7)8)13-15(3)4;1-8-17(15(4)5)13-18(16(6)7)12-10-9-11-14(2)3;;/h9-12,14-15,17,19H,13H2,1-8H3;9-12,14-15,17H,13H2,1-8H3;9-12,15-16,18H,13-14H2,1-8H3;9-12,14-15,17,19H,13H2,1-8H3;9-12,14-15,17H,13H2,1-8H3;9-12,14-15,17H,8,13H2,1-7H3;2*1H/b6*11-9-,12-10-;;. The van der Waals surface area contributed by atoms with Crippen LogP contribution in [0, 0.1) is 101 Å². The van der Waals surface area contributed by atoms with Crippen LogP contribution in [-0.2, 0) is 9.59 Å². The Hall–Kier alpha value is -5.78. The van der Waals surface area contributed by atoms with E-state index in [2.05, 4.69) is 417 Å². The topological polar surface area (TPSA) is 43.9 Å². The highest BCUT2D eigenvalue weighted by Crippen LogP contribution is 2.32. The normalized spacial score (nSPS) is 13.2. The number of rotatable bonds is 44. The Kier molecular flexibility index (Phi) is 74.8. The van der Waals surface area contributed by atoms with E-state index in [-0.39, 0.29) is 20.7 Å². The molecule has 3 unspecified atom stereocenters. The Morgan fingerprint density at radius 1 is 0.297 bits per heavy atom. The van der Waals surface area contributed by atoms with Crippen LogP contribution in [0.25, 0.3) is 0 Å². The summed E-state index contributed by atoms with van der Waals surface area (Å²) in [5, 5.41) is 0. The van der Waals surface area contributed by atoms with Crippen molar-refractivity contribution < 1.29 is 12.4 Å². The largest absolute Gasteiger partial charge is 0.369 e. The molecule has 0 aliphatic carbocycles. The van der Waals surface area contributed by atoms with Crippen LogP contribution in [-0.4, -0.2) is 70.7 Å². The molecular formula is C113H205N3O2. The van der Waals surface area contributed by atoms with Crippen LogP contribution in [0.1, 0.15) is 354 Å². The zero-order valence-corrected chi connectivity index (χ0v) is 87.2. The molecule has 0 fully saturated rings. The highest BCUT2D eigenvalue weighted by atomic mass is 16.2. The van der Waals surface area contributed by atoms with E-state index in [9.17, 15) is 9.59 Å². The van der Waals surface area contributed by atoms with Gasteiger partial charge in [-0.2, -0.15) is 0 Å². The molecule has 118 heavy (non-hydrogen) atoms. The minimum Gasteiger partial charge on any atom is -0.369 e. The first-order valence-corrected chi connectivity index (χ1v) is 46.9. The van der Waals surface area contributed by atoms with E-state index in [0.29, 0.717) is 94.8 Å². The summed E-state index contributed by atoms with van der Waals surface area (Å²) in [6.07, 6.45) is 56.4. The van der Waals surface area contributed by atoms with E-state index >= 15 is 0 Å². The van der Waals surface area contributed by atoms with Gasteiger partial charge in [0, 0.05) is 69.9 Å². The number of allylic oxidation sites excluding steroid dienone is 31. The first kappa shape index (κ1) is 123. The van der Waals surface area contributed by atoms with Crippen LogP contribution < -0.4 is 0 Å². The van der Waals surface area contributed by atoms with Gasteiger partial charge in [-0.3, -0.25) is 14.5 Å². The van der Waals surface area contributed by atoms with Gasteiger partial charge in [-0.25, -0.2) is 0 Å². The Morgan fingerprint density at radius 2 is 0.619 bits per heavy atom. The van der Waals surface area contributed by atoms with Crippen LogP contribution >= 0.6 is 0 Å². The number of amides is 1. The molecule has 0 radical (unpaired) electrons. The van der Waals surface area contributed by atoms with Crippen LogP contribution in [0.5, 0.6) is 0 Å². The molecule has 0 aliphatic heterocycles. The van der Waals surface area contributed by atoms with Crippen LogP contribution in [0.2, 0.25) is 0 Å². The average Bonchev–Trinajstić information content (AvgIpc) is 0.840. The molecule has 0 N–H and O–H groups in total. The number of Topliss-reactive ketones (excluding diaryl/α,β-unsaturated/α-hetero) is 1. The first-order valence-electron chi connectivity index (χ1n) is 46.9. The Bertz CT molecular complexity index is 3070. The first-order chi connectivity index (χ1) is 54.4. The van der Waals surface area contributed by atoms with Crippen molar-refractivity contribution in [3.05, 3.63) is 213 Å². The maximum atomic E-state index is 12.9. The summed E-state index contributed by atoms with van der Waals surface area (Å²) in [7, 11) is 0. The van der Waals surface area contributed by atoms with Crippen molar-refractivity contribution in [1.29, 1.82) is 0 Å². The van der Waals surface area contributed by atoms with E-state index < -0.39 is 0 Å². The van der Waals surface area contributed by atoms with E-state index in [0.717, 1.165) is 72.6 Å². The summed E-state index contributed by atoms with van der Waals surface area (Å²) >= 11 is 0. The Balaban J connectivity index is -0.000000209. The molecule has 0 aliphatic rings. The van der Waals surface area contributed by atoms with Crippen molar-refractivity contribution in [3.63, 3.8) is 0 Å². The molecule has 0 aromatic heterocycles. The molecule has 0 heterocycles. The van der Waals surface area contributed by atoms with E-state index in [1.165, 1.54) is 64.0 Å². The number of nitrogens with zero attached hydrogens (tertiary/aromatic N) is 3. The quantitative estimate of drug-likeness (QED) is 0.0450. The fourth-order valence-electron chi connectivity index (χ4n) is 12.6. The second kappa shape index (κ2) is 71.8. The lowest BCUT2D eigenvalue weighted by atomic mass is 9.80. The molecule has 1 amide bonds. The van der Waals surface area contributed by atoms with Gasteiger partial charge in [-0.05, 0) is 267 Å². The molecule has 684 valence electrons. The molecule has 0 aromatic carbocycles. The van der Waals surface area contributed by atoms with Crippen molar-refractivity contribution in [3.8, 4) is 0 Å². The van der Waals surface area contributed by atoms with Crippen molar-refractivity contribution in [2.75, 3.05) is 26.2 Å². The summed E-state index contributed by atoms with van der Waals surface area (Å²) in [4.78, 5) is 32.7. The van der Waals surface area contributed by atoms with Gasteiger partial charge in [-0.1, -0.05) is 374 Å². The Labute approximate surface area is 743 Å². The summed E-state index contributed by atoms with van der Waals surface area (Å²) in [5.41, 5.74) is 15.4. The molecule has 0 saturated heterocycles. The van der Waals surface area contributed by atoms with Gasteiger partial charge in [0.1, 0.15) is 0 Å². The summed E-state index contributed by atoms with van der Waals surface area (Å²) in [5.74, 6) is 10.6. The molecule has 5 heteroatoms. The lowest BCUT2D eigenvalue weighted by molar-refractivity contribution is -0.129. The number of hydrogen-bond acceptors (Lipinski definition) is 4. The second-order valence-electron chi connectivity index (χ2n) is 40.6. The van der Waals surface area contributed by atoms with Gasteiger partial charge in [-0.15, -0.1) is 0 Å². The molecule has 0 spiro atoms. The van der Waals surface area contributed by atoms with Gasteiger partial charge in [0.25, 0.3) is 5.91 Å². The number of hydrogen-bond donors (Lipinski definition) is 0. The minimum absolute atomic E-state index is 0. The van der Waals surface area contributed by atoms with Crippen molar-refractivity contribution in [2.24, 2.45) is 101 Å². The van der Waals surface area contributed by atoms with Crippen LogP contribution in [0.15, 0.2) is 213 Å². The maximum Gasteiger partial charge on any atom is 0.254 e. The second-order valence-corrected chi connectivity index (χ2v) is 40.6. The van der Waals surface area contributed by atoms with Gasteiger partial charge in [0.15, 0.2) is 5.78 Å². The lowest BCUT2D eigenvalue weighted by Gasteiger charge is -2.32. The van der Waals surface area contributed by atoms with Gasteiger partial charge < -0.3 is 9.80 Å². The molecule has 5 nitrogen and oxygen atoms in total. The maximum absolute atomic E-state index is 12.9. The van der Waals surface area contributed by atoms with E-state index in [1.807, 2.05) is 69.1 Å². The SMILES string of the molecule is CC(C)=C(/C=C\C=C/C(C)C)C(=O)C(CC(C)C)C(C)C.CC(C)=C(/C=C\C=C/C(C)C)C(=O)N(CC(C)C)C(C)C.CC(C)=C(/C=C\C=C/C(C)C)C(CC(C)C)C(C)C.CC(C)=C(/C=C\C=C/C(C)C)CN(CC(C)C)C(C)C.CC(C)=C(/C=C\C=C/C(C)C)N(CC(C)C)C(C)C.CCC(CC(/C=C\C=C/C(C)C)=C(C)C)C(C)C.[HH].[HH]. The van der Waals surface area contributed by atoms with Crippen molar-refractivity contribution >= 4 is 11.7 Å². The van der Waals surface area contributed by atoms with E-state index in [4.69, 9.17) is 0 Å². The van der Waals surface area contributed by atoms with Crippen molar-refractivity contribution in [1.82, 2.24) is 14.7 Å². The Morgan fingerprint density at radius 3 is 0.898 bits per heavy atom. The van der Waals surface area contributed by atoms with Gasteiger partial charge in [0.2, 0.25) is 0 Å². The molecule has 0 bridgehead atoms. The molecular weight excluding hydrogens is 1430 g/mol. The molecule has 0 aromatic rings. The smallest absolute Gasteiger partial charge is 0.254 e. The van der Waals surface area contributed by atoms with E-state index in [1.54, 1.807) is 0 Å². The lowest BCUT2D eigenvalue weighted by Crippen LogP contribution is -2.40. The van der Waals surface area contributed by atoms with Crippen LogP contribution in [0.4, 0.5) is 0 Å². The third-order valence-electron chi connectivity index (χ3n) is 19.6. The zero-order valence-electron chi connectivity index (χ0n) is 87.2. The third kappa shape index (κ3) is 68.8. The third-order valence-corrected chi connectivity index (χ3v) is 19.6. The summed E-state index contributed by atoms with van der Waals surface area (Å²) in [6, 6.07) is 1.34. The molecule has 0 rings (SSSR count). The fourth-order valence-corrected chi connectivity index (χ4v) is 12.6. The summed E-state index contributed by atoms with van der Waals surface area (Å²) in [6.45, 7) is 108. The van der Waals surface area contributed by atoms with Gasteiger partial charge in [0.05, 0.1) is 0 Å². The van der Waals surface area contributed by atoms with Gasteiger partial charge >= 0.3 is 0 Å². The fraction of sp³-hybridized carbons (Fsp3) is 0.664. The number of ketones is 1. The predicted molar refractivity (Wildman–Crippen MR) is 547 cm³/mol. The minimum atomic E-state index is 0. The highest BCUT2D eigenvalue weighted by Gasteiger charge is 2.26. The predicted octanol–water partition coefficient (Wildman–Crippen LogP) is 34.9. The molecule has 3 atom stereocenters. The highest BCUT2D eigenvalue weighted by molar-refractivity contribution is 6.00. The number of carbonyl (C=O) groups is 2. The van der Waals surface area contributed by atoms with Crippen LogP contribution in [0.3, 0.4) is 0 Å².